The molecule has 5 atom stereocenters. The Balaban J connectivity index is 0.00000149. The molecule has 0 saturated carbocycles. The molecular formula is C14H31BNO4P. The van der Waals surface area contributed by atoms with Crippen LogP contribution in [0.4, 0.5) is 0 Å². The topological polar surface area (TPSA) is 62.2 Å². The highest BCUT2D eigenvalue weighted by molar-refractivity contribution is 7.49. The van der Waals surface area contributed by atoms with Crippen LogP contribution in [0, 0.1) is 5.92 Å². The monoisotopic (exact) mass is 322 g/mol. The Hall–Kier alpha value is 0.295. The lowest BCUT2D eigenvalue weighted by Crippen LogP contribution is -2.37. The second-order valence-electron chi connectivity index (χ2n) is 5.59. The average molecular weight is 322 g/mol. The van der Waals surface area contributed by atoms with Crippen molar-refractivity contribution in [2.45, 2.75) is 64.9 Å². The second-order valence-corrected chi connectivity index (χ2v) is 7.19. The predicted molar refractivity (Wildman–Crippen MR) is 88.6 cm³/mol. The summed E-state index contributed by atoms with van der Waals surface area (Å²) < 4.78 is 27.3. The highest BCUT2D eigenvalue weighted by atomic mass is 31.2. The van der Waals surface area contributed by atoms with Gasteiger partial charge in [0.25, 0.3) is 0 Å². The van der Waals surface area contributed by atoms with Gasteiger partial charge in [0.1, 0.15) is 16.1 Å². The highest BCUT2D eigenvalue weighted by Crippen LogP contribution is 2.45. The number of aliphatic hydroxyl groups is 2. The van der Waals surface area contributed by atoms with Gasteiger partial charge in [-0.1, -0.05) is 0 Å². The summed E-state index contributed by atoms with van der Waals surface area (Å²) in [6.45, 7) is 10.7. The second kappa shape index (κ2) is 10.1. The van der Waals surface area contributed by atoms with E-state index in [-0.39, 0.29) is 31.6 Å². The van der Waals surface area contributed by atoms with Crippen LogP contribution in [0.15, 0.2) is 0 Å². The van der Waals surface area contributed by atoms with Crippen LogP contribution in [-0.4, -0.2) is 74.8 Å². The molecule has 1 aliphatic heterocycles. The van der Waals surface area contributed by atoms with E-state index in [9.17, 15) is 5.11 Å². The van der Waals surface area contributed by atoms with Crippen LogP contribution in [-0.2, 0) is 9.26 Å². The Morgan fingerprint density at radius 3 is 2.38 bits per heavy atom. The molecule has 0 amide bonds. The van der Waals surface area contributed by atoms with Gasteiger partial charge in [-0.25, -0.2) is 0 Å². The smallest absolute Gasteiger partial charge is 0.210 e. The van der Waals surface area contributed by atoms with E-state index in [2.05, 4.69) is 44.1 Å². The summed E-state index contributed by atoms with van der Waals surface area (Å²) in [4.78, 5) is 0. The van der Waals surface area contributed by atoms with E-state index in [4.69, 9.17) is 19.9 Å². The Morgan fingerprint density at radius 2 is 2.00 bits per heavy atom. The lowest BCUT2D eigenvalue weighted by molar-refractivity contribution is 0.0552. The van der Waals surface area contributed by atoms with Gasteiger partial charge >= 0.3 is 0 Å². The van der Waals surface area contributed by atoms with Crippen molar-refractivity contribution in [2.75, 3.05) is 20.4 Å². The van der Waals surface area contributed by atoms with Gasteiger partial charge in [0.15, 0.2) is 0 Å². The molecule has 0 aromatic rings. The standard InChI is InChI=1S/C13H27BNO3P.CH4O/c1-8(2)15(9(3)4)19(6)18-12-10(5)17-13(14)11(12)7-16;1-2/h8-13,16H,7H2,1-6H3;2H,1H3/t10-,11-,12?,13-,19?;/m1./s1/i5D;2T. The molecule has 2 unspecified atom stereocenters. The molecule has 2 N–H and O–H groups in total. The van der Waals surface area contributed by atoms with Gasteiger partial charge in [0.05, 0.1) is 18.8 Å². The SMILES string of the molecule is [2H]C[C@H]1O[C@@H]([B])[C@H](CO)C1OP(C)N(C(C)C)C(C)C.[3H]OC. The number of ether oxygens (including phenoxy) is 1. The lowest BCUT2D eigenvalue weighted by Gasteiger charge is -2.37. The van der Waals surface area contributed by atoms with Crippen LogP contribution in [0.1, 0.15) is 36.0 Å². The van der Waals surface area contributed by atoms with Gasteiger partial charge in [-0.15, -0.1) is 0 Å². The zero-order valence-electron chi connectivity index (χ0n) is 16.0. The number of hydrogen-bond acceptors (Lipinski definition) is 5. The molecule has 1 aliphatic rings. The third-order valence-electron chi connectivity index (χ3n) is 3.41. The molecule has 1 fully saturated rings. The first-order valence-corrected chi connectivity index (χ1v) is 8.90. The molecule has 124 valence electrons. The number of rotatable bonds is 6. The van der Waals surface area contributed by atoms with Crippen molar-refractivity contribution in [3.63, 3.8) is 0 Å². The van der Waals surface area contributed by atoms with Crippen LogP contribution in [0.2, 0.25) is 0 Å². The van der Waals surface area contributed by atoms with E-state index in [0.717, 1.165) is 0 Å². The average Bonchev–Trinajstić information content (AvgIpc) is 2.74. The minimum absolute atomic E-state index is 0.0745. The molecule has 2 radical (unpaired) electrons. The minimum atomic E-state index is -0.814. The molecule has 0 aromatic heterocycles. The highest BCUT2D eigenvalue weighted by Gasteiger charge is 2.41. The molecule has 0 aromatic carbocycles. The van der Waals surface area contributed by atoms with Crippen molar-refractivity contribution in [3.8, 4) is 0 Å². The summed E-state index contributed by atoms with van der Waals surface area (Å²) in [6, 6.07) is 0.212. The van der Waals surface area contributed by atoms with E-state index in [0.29, 0.717) is 12.1 Å². The maximum atomic E-state index is 9.48. The Morgan fingerprint density at radius 1 is 1.48 bits per heavy atom. The van der Waals surface area contributed by atoms with Gasteiger partial charge in [0, 0.05) is 32.5 Å². The molecule has 0 aliphatic carbocycles. The molecule has 1 heterocycles. The maximum absolute atomic E-state index is 9.48. The molecule has 5 nitrogen and oxygen atoms in total. The van der Waals surface area contributed by atoms with Crippen LogP contribution < -0.4 is 0 Å². The van der Waals surface area contributed by atoms with E-state index in [1.165, 1.54) is 7.11 Å². The van der Waals surface area contributed by atoms with Crippen molar-refractivity contribution in [2.24, 2.45) is 5.92 Å². The molecular weight excluding hydrogens is 288 g/mol. The predicted octanol–water partition coefficient (Wildman–Crippen LogP) is 1.56. The summed E-state index contributed by atoms with van der Waals surface area (Å²) in [7, 11) is 6.34. The van der Waals surface area contributed by atoms with E-state index < -0.39 is 14.3 Å². The molecule has 21 heavy (non-hydrogen) atoms. The maximum Gasteiger partial charge on any atom is 0.210 e. The van der Waals surface area contributed by atoms with Crippen molar-refractivity contribution in [1.82, 2.24) is 4.67 Å². The summed E-state index contributed by atoms with van der Waals surface area (Å²) >= 11 is 0. The quantitative estimate of drug-likeness (QED) is 0.574. The van der Waals surface area contributed by atoms with Gasteiger partial charge in [-0.3, -0.25) is 4.67 Å². The van der Waals surface area contributed by atoms with E-state index in [1.54, 1.807) is 0 Å². The molecule has 1 saturated heterocycles. The number of hydrogen-bond donors (Lipinski definition) is 2. The zero-order valence-corrected chi connectivity index (χ0v) is 14.9. The first kappa shape index (κ1) is 17.6. The van der Waals surface area contributed by atoms with E-state index in [1.807, 2.05) is 0 Å². The zero-order chi connectivity index (χ0) is 18.2. The van der Waals surface area contributed by atoms with E-state index >= 15 is 0 Å². The first-order chi connectivity index (χ1) is 10.7. The third kappa shape index (κ3) is 5.78. The van der Waals surface area contributed by atoms with Crippen LogP contribution in [0.3, 0.4) is 0 Å². The Bertz CT molecular complexity index is 311. The summed E-state index contributed by atoms with van der Waals surface area (Å²) in [6.07, 6.45) is -0.656. The fraction of sp³-hybridized carbons (Fsp3) is 1.00. The third-order valence-corrected chi connectivity index (χ3v) is 5.53. The van der Waals surface area contributed by atoms with Gasteiger partial charge in [-0.05, 0) is 41.3 Å². The first-order valence-electron chi connectivity index (χ1n) is 8.35. The van der Waals surface area contributed by atoms with Crippen molar-refractivity contribution < 1.29 is 20.8 Å². The molecule has 7 heteroatoms. The number of aliphatic hydroxyl groups excluding tert-OH is 2. The minimum Gasteiger partial charge on any atom is -0.400 e. The Kier molecular flexibility index (Phi) is 8.52. The van der Waals surface area contributed by atoms with Gasteiger partial charge < -0.3 is 19.5 Å². The fourth-order valence-corrected chi connectivity index (χ4v) is 4.73. The largest absolute Gasteiger partial charge is 0.400 e. The Labute approximate surface area is 135 Å². The molecule has 0 spiro atoms. The summed E-state index contributed by atoms with van der Waals surface area (Å²) in [5.74, 6) is -0.253. The fourth-order valence-electron chi connectivity index (χ4n) is 2.67. The lowest BCUT2D eigenvalue weighted by atomic mass is 9.85. The van der Waals surface area contributed by atoms with Gasteiger partial charge in [0.2, 0.25) is 1.43 Å². The summed E-state index contributed by atoms with van der Waals surface area (Å²) in [5.41, 5.74) is 0. The normalized spacial score (nSPS) is 31.9. The van der Waals surface area contributed by atoms with Crippen LogP contribution in [0.5, 0.6) is 0 Å². The summed E-state index contributed by atoms with van der Waals surface area (Å²) in [5, 5.41) is 13.0. The van der Waals surface area contributed by atoms with Gasteiger partial charge in [-0.2, -0.15) is 0 Å². The number of nitrogens with zero attached hydrogens (tertiary/aromatic N) is 1. The van der Waals surface area contributed by atoms with Crippen LogP contribution in [0.25, 0.3) is 0 Å². The van der Waals surface area contributed by atoms with Crippen molar-refractivity contribution >= 4 is 16.1 Å². The molecule has 0 bridgehead atoms. The molecule has 1 rings (SSSR count). The van der Waals surface area contributed by atoms with Crippen molar-refractivity contribution in [3.05, 3.63) is 0 Å². The van der Waals surface area contributed by atoms with Crippen LogP contribution >= 0.6 is 8.30 Å². The van der Waals surface area contributed by atoms with Crippen molar-refractivity contribution in [1.29, 1.82) is 1.43 Å².